The van der Waals surface area contributed by atoms with E-state index >= 15 is 0 Å². The molecule has 0 amide bonds. The summed E-state index contributed by atoms with van der Waals surface area (Å²) in [5, 5.41) is 9.01. The number of benzene rings is 1. The van der Waals surface area contributed by atoms with Crippen molar-refractivity contribution in [3.05, 3.63) is 28.9 Å². The van der Waals surface area contributed by atoms with Gasteiger partial charge in [-0.25, -0.2) is 0 Å². The second kappa shape index (κ2) is 4.21. The topological polar surface area (TPSA) is 29.9 Å². The van der Waals surface area contributed by atoms with Crippen molar-refractivity contribution >= 4 is 22.5 Å². The van der Waals surface area contributed by atoms with Gasteiger partial charge in [0.1, 0.15) is 0 Å². The lowest BCUT2D eigenvalue weighted by atomic mass is 10.1. The zero-order chi connectivity index (χ0) is 10.8. The first-order valence-corrected chi connectivity index (χ1v) is 5.43. The Labute approximate surface area is 94.0 Å². The fraction of sp³-hybridized carbons (Fsp3) is 0.364. The van der Waals surface area contributed by atoms with E-state index < -0.39 is 0 Å². The second-order valence-corrected chi connectivity index (χ2v) is 3.85. The van der Waals surface area contributed by atoms with E-state index in [1.165, 1.54) is 5.56 Å². The van der Waals surface area contributed by atoms with Gasteiger partial charge in [0, 0.05) is 18.5 Å². The summed E-state index contributed by atoms with van der Waals surface area (Å²) in [5.74, 6) is 0. The molecule has 1 aromatic carbocycles. The van der Waals surface area contributed by atoms with Gasteiger partial charge >= 0.3 is 0 Å². The van der Waals surface area contributed by atoms with E-state index in [0.29, 0.717) is 5.15 Å². The predicted octanol–water partition coefficient (Wildman–Crippen LogP) is 2.43. The molecular weight excluding hydrogens is 210 g/mol. The fourth-order valence-corrected chi connectivity index (χ4v) is 1.99. The Hall–Kier alpha value is -1.06. The highest BCUT2D eigenvalue weighted by Crippen LogP contribution is 2.23. The zero-order valence-corrected chi connectivity index (χ0v) is 9.67. The highest BCUT2D eigenvalue weighted by Gasteiger charge is 2.07. The lowest BCUT2D eigenvalue weighted by molar-refractivity contribution is 0.683. The van der Waals surface area contributed by atoms with Crippen LogP contribution in [0.4, 0.5) is 0 Å². The molecule has 1 aromatic heterocycles. The number of fused-ring (bicyclic) bond motifs is 1. The van der Waals surface area contributed by atoms with Gasteiger partial charge in [-0.3, -0.25) is 4.68 Å². The largest absolute Gasteiger partial charge is 0.316 e. The number of rotatable bonds is 3. The number of aryl methyl sites for hydroxylation is 1. The van der Waals surface area contributed by atoms with E-state index in [1.54, 1.807) is 0 Å². The van der Waals surface area contributed by atoms with Gasteiger partial charge in [0.15, 0.2) is 5.15 Å². The zero-order valence-electron chi connectivity index (χ0n) is 8.92. The third kappa shape index (κ3) is 1.85. The molecule has 4 heteroatoms. The van der Waals surface area contributed by atoms with Crippen LogP contribution in [0.5, 0.6) is 0 Å². The molecule has 0 unspecified atom stereocenters. The quantitative estimate of drug-likeness (QED) is 0.866. The number of hydrogen-bond donors (Lipinski definition) is 1. The maximum atomic E-state index is 6.04. The van der Waals surface area contributed by atoms with Crippen LogP contribution < -0.4 is 5.32 Å². The average molecular weight is 224 g/mol. The highest BCUT2D eigenvalue weighted by molar-refractivity contribution is 6.34. The molecule has 0 radical (unpaired) electrons. The molecule has 2 rings (SSSR count). The van der Waals surface area contributed by atoms with Gasteiger partial charge in [0.05, 0.1) is 5.52 Å². The molecule has 15 heavy (non-hydrogen) atoms. The monoisotopic (exact) mass is 223 g/mol. The summed E-state index contributed by atoms with van der Waals surface area (Å²) in [6, 6.07) is 6.24. The molecule has 0 aliphatic heterocycles. The summed E-state index contributed by atoms with van der Waals surface area (Å²) in [6.07, 6.45) is 0. The summed E-state index contributed by atoms with van der Waals surface area (Å²) in [7, 11) is 1.94. The molecule has 3 nitrogen and oxygen atoms in total. The van der Waals surface area contributed by atoms with Gasteiger partial charge < -0.3 is 5.32 Å². The van der Waals surface area contributed by atoms with Crippen LogP contribution >= 0.6 is 11.6 Å². The normalized spacial score (nSPS) is 11.1. The minimum Gasteiger partial charge on any atom is -0.316 e. The predicted molar refractivity (Wildman–Crippen MR) is 63.2 cm³/mol. The third-order valence-corrected chi connectivity index (χ3v) is 2.73. The van der Waals surface area contributed by atoms with Crippen LogP contribution in [0.2, 0.25) is 5.15 Å². The van der Waals surface area contributed by atoms with Crippen LogP contribution in [0.25, 0.3) is 10.9 Å². The molecule has 1 N–H and O–H groups in total. The Morgan fingerprint density at radius 3 is 2.93 bits per heavy atom. The molecule has 2 aromatic rings. The number of hydrogen-bond acceptors (Lipinski definition) is 2. The van der Waals surface area contributed by atoms with Crippen molar-refractivity contribution in [2.45, 2.75) is 20.0 Å². The second-order valence-electron chi connectivity index (χ2n) is 3.49. The summed E-state index contributed by atoms with van der Waals surface area (Å²) in [4.78, 5) is 0. The molecule has 0 aliphatic carbocycles. The maximum Gasteiger partial charge on any atom is 0.158 e. The molecule has 1 heterocycles. The average Bonchev–Trinajstić information content (AvgIpc) is 2.56. The van der Waals surface area contributed by atoms with Crippen LogP contribution in [0.1, 0.15) is 12.5 Å². The molecule has 80 valence electrons. The standard InChI is InChI=1S/C11H14ClN3/c1-3-15-10-6-8(7-13-2)4-5-9(10)11(12)14-15/h4-6,13H,3,7H2,1-2H3. The molecule has 0 aliphatic rings. The summed E-state index contributed by atoms with van der Waals surface area (Å²) >= 11 is 6.04. The molecule has 0 bridgehead atoms. The number of halogens is 1. The van der Waals surface area contributed by atoms with Crippen LogP contribution in [0.3, 0.4) is 0 Å². The van der Waals surface area contributed by atoms with E-state index in [2.05, 4.69) is 29.5 Å². The smallest absolute Gasteiger partial charge is 0.158 e. The SMILES string of the molecule is CCn1nc(Cl)c2ccc(CNC)cc21. The fourth-order valence-electron chi connectivity index (χ4n) is 1.73. The van der Waals surface area contributed by atoms with Crippen LogP contribution in [0.15, 0.2) is 18.2 Å². The Balaban J connectivity index is 2.58. The van der Waals surface area contributed by atoms with Gasteiger partial charge in [0.2, 0.25) is 0 Å². The number of nitrogens with one attached hydrogen (secondary N) is 1. The van der Waals surface area contributed by atoms with Gasteiger partial charge in [-0.2, -0.15) is 5.10 Å². The minimum absolute atomic E-state index is 0.586. The molecule has 0 spiro atoms. The maximum absolute atomic E-state index is 6.04. The lowest BCUT2D eigenvalue weighted by Gasteiger charge is -2.02. The molecule has 0 saturated heterocycles. The van der Waals surface area contributed by atoms with Crippen molar-refractivity contribution in [3.63, 3.8) is 0 Å². The minimum atomic E-state index is 0.586. The van der Waals surface area contributed by atoms with E-state index in [4.69, 9.17) is 11.6 Å². The van der Waals surface area contributed by atoms with Crippen molar-refractivity contribution in [2.75, 3.05) is 7.05 Å². The number of aromatic nitrogens is 2. The number of nitrogens with zero attached hydrogens (tertiary/aromatic N) is 2. The van der Waals surface area contributed by atoms with Crippen LogP contribution in [0, 0.1) is 0 Å². The van der Waals surface area contributed by atoms with E-state index in [0.717, 1.165) is 24.0 Å². The Bertz CT molecular complexity index is 476. The Morgan fingerprint density at radius 2 is 2.27 bits per heavy atom. The van der Waals surface area contributed by atoms with Crippen molar-refractivity contribution in [2.24, 2.45) is 0 Å². The lowest BCUT2D eigenvalue weighted by Crippen LogP contribution is -2.05. The molecular formula is C11H14ClN3. The summed E-state index contributed by atoms with van der Waals surface area (Å²) in [6.45, 7) is 3.77. The van der Waals surface area contributed by atoms with Gasteiger partial charge in [0.25, 0.3) is 0 Å². The third-order valence-electron chi connectivity index (χ3n) is 2.45. The molecule has 0 fully saturated rings. The van der Waals surface area contributed by atoms with Gasteiger partial charge in [-0.1, -0.05) is 17.7 Å². The van der Waals surface area contributed by atoms with Crippen LogP contribution in [-0.4, -0.2) is 16.8 Å². The van der Waals surface area contributed by atoms with Crippen molar-refractivity contribution in [1.82, 2.24) is 15.1 Å². The summed E-state index contributed by atoms with van der Waals surface area (Å²) in [5.41, 5.74) is 2.35. The molecule has 0 saturated carbocycles. The first-order valence-electron chi connectivity index (χ1n) is 5.05. The first-order chi connectivity index (χ1) is 7.26. The Kier molecular flexibility index (Phi) is 2.93. The summed E-state index contributed by atoms with van der Waals surface area (Å²) < 4.78 is 1.93. The molecule has 0 atom stereocenters. The highest BCUT2D eigenvalue weighted by atomic mass is 35.5. The first kappa shape index (κ1) is 10.5. The van der Waals surface area contributed by atoms with E-state index in [9.17, 15) is 0 Å². The van der Waals surface area contributed by atoms with Crippen molar-refractivity contribution in [3.8, 4) is 0 Å². The van der Waals surface area contributed by atoms with Gasteiger partial charge in [-0.05, 0) is 31.7 Å². The van der Waals surface area contributed by atoms with Gasteiger partial charge in [-0.15, -0.1) is 0 Å². The van der Waals surface area contributed by atoms with E-state index in [-0.39, 0.29) is 0 Å². The van der Waals surface area contributed by atoms with Crippen molar-refractivity contribution in [1.29, 1.82) is 0 Å². The Morgan fingerprint density at radius 1 is 1.47 bits per heavy atom. The van der Waals surface area contributed by atoms with Crippen molar-refractivity contribution < 1.29 is 0 Å². The van der Waals surface area contributed by atoms with Crippen LogP contribution in [-0.2, 0) is 13.1 Å². The van der Waals surface area contributed by atoms with E-state index in [1.807, 2.05) is 17.8 Å².